The summed E-state index contributed by atoms with van der Waals surface area (Å²) in [5, 5.41) is 9.74. The number of hydrogen-bond acceptors (Lipinski definition) is 5. The van der Waals surface area contributed by atoms with Crippen molar-refractivity contribution < 1.29 is 19.1 Å². The molecular weight excluding hydrogens is 464 g/mol. The van der Waals surface area contributed by atoms with Gasteiger partial charge >= 0.3 is 0 Å². The van der Waals surface area contributed by atoms with E-state index in [9.17, 15) is 14.9 Å². The highest BCUT2D eigenvalue weighted by Gasteiger charge is 2.38. The summed E-state index contributed by atoms with van der Waals surface area (Å²) in [6, 6.07) is 16.3. The van der Waals surface area contributed by atoms with Gasteiger partial charge in [-0.05, 0) is 62.1 Å². The van der Waals surface area contributed by atoms with E-state index < -0.39 is 17.9 Å². The molecule has 1 unspecified atom stereocenters. The van der Waals surface area contributed by atoms with Crippen molar-refractivity contribution in [2.75, 3.05) is 13.2 Å². The van der Waals surface area contributed by atoms with Gasteiger partial charge in [0.1, 0.15) is 11.6 Å². The normalized spacial score (nSPS) is 15.6. The van der Waals surface area contributed by atoms with Crippen LogP contribution in [0.1, 0.15) is 77.0 Å². The molecule has 0 saturated heterocycles. The number of carbonyl (C=O) groups is 2. The Morgan fingerprint density at radius 1 is 0.946 bits per heavy atom. The molecule has 1 heterocycles. The van der Waals surface area contributed by atoms with Crippen LogP contribution in [0.2, 0.25) is 0 Å². The molecule has 2 aromatic carbocycles. The molecule has 2 aromatic rings. The maximum atomic E-state index is 13.6. The smallest absolute Gasteiger partial charge is 0.272 e. The number of nitrogens with zero attached hydrogens (tertiary/aromatic N) is 2. The van der Waals surface area contributed by atoms with Crippen molar-refractivity contribution in [1.29, 1.82) is 5.26 Å². The van der Waals surface area contributed by atoms with Crippen molar-refractivity contribution in [3.63, 3.8) is 0 Å². The zero-order chi connectivity index (χ0) is 26.8. The van der Waals surface area contributed by atoms with Gasteiger partial charge in [-0.2, -0.15) is 5.26 Å². The number of benzene rings is 2. The van der Waals surface area contributed by atoms with E-state index in [4.69, 9.17) is 9.47 Å². The lowest BCUT2D eigenvalue weighted by molar-refractivity contribution is -0.143. The third-order valence-corrected chi connectivity index (χ3v) is 6.53. The first-order valence-electron chi connectivity index (χ1n) is 13.1. The van der Waals surface area contributed by atoms with Crippen LogP contribution in [-0.4, -0.2) is 29.9 Å². The molecule has 0 radical (unpaired) electrons. The quantitative estimate of drug-likeness (QED) is 0.182. The van der Waals surface area contributed by atoms with Crippen LogP contribution in [0.25, 0.3) is 6.08 Å². The van der Waals surface area contributed by atoms with Crippen molar-refractivity contribution >= 4 is 17.9 Å². The Hall–Kier alpha value is -3.85. The van der Waals surface area contributed by atoms with Crippen molar-refractivity contribution in [2.45, 2.75) is 65.8 Å². The van der Waals surface area contributed by atoms with Gasteiger partial charge in [0, 0.05) is 5.57 Å². The summed E-state index contributed by atoms with van der Waals surface area (Å²) in [5.41, 5.74) is 2.20. The van der Waals surface area contributed by atoms with E-state index in [0.717, 1.165) is 24.0 Å². The minimum absolute atomic E-state index is 0.0262. The molecule has 0 aromatic heterocycles. The van der Waals surface area contributed by atoms with E-state index in [1.165, 1.54) is 24.2 Å². The van der Waals surface area contributed by atoms with Crippen LogP contribution in [0.5, 0.6) is 11.5 Å². The maximum Gasteiger partial charge on any atom is 0.272 e. The van der Waals surface area contributed by atoms with E-state index in [1.54, 1.807) is 19.9 Å². The molecule has 0 N–H and O–H groups in total. The van der Waals surface area contributed by atoms with Gasteiger partial charge in [-0.15, -0.1) is 0 Å². The van der Waals surface area contributed by atoms with Gasteiger partial charge in [0.2, 0.25) is 0 Å². The van der Waals surface area contributed by atoms with E-state index in [-0.39, 0.29) is 5.57 Å². The lowest BCUT2D eigenvalue weighted by Gasteiger charge is -2.32. The van der Waals surface area contributed by atoms with E-state index in [1.807, 2.05) is 61.5 Å². The summed E-state index contributed by atoms with van der Waals surface area (Å²) < 4.78 is 11.8. The monoisotopic (exact) mass is 500 g/mol. The highest BCUT2D eigenvalue weighted by molar-refractivity contribution is 6.20. The number of amides is 2. The number of imide groups is 1. The molecule has 0 spiro atoms. The summed E-state index contributed by atoms with van der Waals surface area (Å²) in [5.74, 6) is 0.259. The Balaban J connectivity index is 1.91. The predicted octanol–water partition coefficient (Wildman–Crippen LogP) is 6.79. The second-order valence-electron chi connectivity index (χ2n) is 9.14. The number of unbranched alkanes of at least 4 members (excludes halogenated alkanes) is 4. The molecule has 194 valence electrons. The predicted molar refractivity (Wildman–Crippen MR) is 145 cm³/mol. The van der Waals surface area contributed by atoms with Gasteiger partial charge in [0.05, 0.1) is 19.3 Å². The van der Waals surface area contributed by atoms with E-state index >= 15 is 0 Å². The largest absolute Gasteiger partial charge is 0.490 e. The molecule has 1 aliphatic heterocycles. The van der Waals surface area contributed by atoms with Crippen molar-refractivity contribution in [3.8, 4) is 17.6 Å². The third-order valence-electron chi connectivity index (χ3n) is 6.53. The maximum absolute atomic E-state index is 13.6. The molecular formula is C31H36N2O4. The molecule has 3 rings (SSSR count). The standard InChI is InChI=1S/C31H36N2O4/c1-5-7-8-9-13-18-37-28-17-16-24(20-29(28)36-6-2)19-26-22(3)27(21-32)31(35)33(30(26)34)23(4)25-14-11-10-12-15-25/h10-12,14-17,19-20,23H,5-9,13,18H2,1-4H3/b26-19+. The first kappa shape index (κ1) is 27.7. The van der Waals surface area contributed by atoms with Crippen LogP contribution in [0, 0.1) is 11.3 Å². The van der Waals surface area contributed by atoms with Gasteiger partial charge in [-0.3, -0.25) is 14.5 Å². The average molecular weight is 501 g/mol. The molecule has 0 saturated carbocycles. The van der Waals surface area contributed by atoms with Gasteiger partial charge in [0.15, 0.2) is 11.5 Å². The fraction of sp³-hybridized carbons (Fsp3) is 0.387. The average Bonchev–Trinajstić information content (AvgIpc) is 2.90. The number of rotatable bonds is 12. The van der Waals surface area contributed by atoms with Crippen LogP contribution >= 0.6 is 0 Å². The van der Waals surface area contributed by atoms with Gasteiger partial charge in [-0.1, -0.05) is 69.0 Å². The summed E-state index contributed by atoms with van der Waals surface area (Å²) in [4.78, 5) is 27.9. The minimum atomic E-state index is -0.573. The molecule has 1 atom stereocenters. The number of carbonyl (C=O) groups excluding carboxylic acids is 2. The topological polar surface area (TPSA) is 79.6 Å². The SMILES string of the molecule is CCCCCCCOc1ccc(/C=C2/C(=O)N(C(C)c3ccccc3)C(=O)C(C#N)=C2C)cc1OCC. The lowest BCUT2D eigenvalue weighted by Crippen LogP contribution is -2.44. The van der Waals surface area contributed by atoms with Crippen LogP contribution in [0.15, 0.2) is 65.3 Å². The Bertz CT molecular complexity index is 1210. The van der Waals surface area contributed by atoms with Crippen molar-refractivity contribution in [1.82, 2.24) is 4.90 Å². The van der Waals surface area contributed by atoms with Crippen molar-refractivity contribution in [3.05, 3.63) is 76.4 Å². The zero-order valence-corrected chi connectivity index (χ0v) is 22.3. The van der Waals surface area contributed by atoms with Crippen LogP contribution < -0.4 is 9.47 Å². The summed E-state index contributed by atoms with van der Waals surface area (Å²) >= 11 is 0. The first-order valence-corrected chi connectivity index (χ1v) is 13.1. The fourth-order valence-electron chi connectivity index (χ4n) is 4.39. The van der Waals surface area contributed by atoms with Gasteiger partial charge in [-0.25, -0.2) is 0 Å². The number of ether oxygens (including phenoxy) is 2. The van der Waals surface area contributed by atoms with Crippen molar-refractivity contribution in [2.24, 2.45) is 0 Å². The van der Waals surface area contributed by atoms with Crippen LogP contribution in [0.3, 0.4) is 0 Å². The van der Waals surface area contributed by atoms with E-state index in [2.05, 4.69) is 6.92 Å². The summed E-state index contributed by atoms with van der Waals surface area (Å²) in [7, 11) is 0. The van der Waals surface area contributed by atoms with Crippen LogP contribution in [-0.2, 0) is 9.59 Å². The summed E-state index contributed by atoms with van der Waals surface area (Å²) in [6.45, 7) is 8.63. The Labute approximate surface area is 220 Å². The number of hydrogen-bond donors (Lipinski definition) is 0. The molecule has 0 aliphatic carbocycles. The highest BCUT2D eigenvalue weighted by Crippen LogP contribution is 2.34. The molecule has 2 amide bonds. The Kier molecular flexibility index (Phi) is 10.1. The second-order valence-corrected chi connectivity index (χ2v) is 9.14. The molecule has 6 heteroatoms. The Morgan fingerprint density at radius 2 is 1.68 bits per heavy atom. The zero-order valence-electron chi connectivity index (χ0n) is 22.3. The van der Waals surface area contributed by atoms with Gasteiger partial charge in [0.25, 0.3) is 11.8 Å². The molecule has 1 aliphatic rings. The molecule has 6 nitrogen and oxygen atoms in total. The highest BCUT2D eigenvalue weighted by atomic mass is 16.5. The Morgan fingerprint density at radius 3 is 2.35 bits per heavy atom. The first-order chi connectivity index (χ1) is 17.9. The lowest BCUT2D eigenvalue weighted by atomic mass is 9.91. The van der Waals surface area contributed by atoms with Crippen LogP contribution in [0.4, 0.5) is 0 Å². The number of nitriles is 1. The summed E-state index contributed by atoms with van der Waals surface area (Å²) in [6.07, 6.45) is 7.48. The second kappa shape index (κ2) is 13.5. The molecule has 0 bridgehead atoms. The van der Waals surface area contributed by atoms with E-state index in [0.29, 0.717) is 35.9 Å². The fourth-order valence-corrected chi connectivity index (χ4v) is 4.39. The molecule has 37 heavy (non-hydrogen) atoms. The van der Waals surface area contributed by atoms with Gasteiger partial charge < -0.3 is 9.47 Å². The third kappa shape index (κ3) is 6.68. The molecule has 0 fully saturated rings. The minimum Gasteiger partial charge on any atom is -0.490 e.